The highest BCUT2D eigenvalue weighted by atomic mass is 32.2. The van der Waals surface area contributed by atoms with Crippen LogP contribution >= 0.6 is 0 Å². The molecule has 2 atom stereocenters. The lowest BCUT2D eigenvalue weighted by Crippen LogP contribution is -2.46. The third-order valence-electron chi connectivity index (χ3n) is 13.2. The number of aliphatic hydroxyl groups is 1. The monoisotopic (exact) mass is 992 g/mol. The summed E-state index contributed by atoms with van der Waals surface area (Å²) in [5.74, 6) is 4.88. The summed E-state index contributed by atoms with van der Waals surface area (Å²) >= 11 is 0. The van der Waals surface area contributed by atoms with E-state index in [4.69, 9.17) is 10.5 Å². The molecule has 15 nitrogen and oxygen atoms in total. The molecule has 376 valence electrons. The normalized spacial score (nSPS) is 21.8. The van der Waals surface area contributed by atoms with Gasteiger partial charge < -0.3 is 30.7 Å². The molecule has 4 heterocycles. The van der Waals surface area contributed by atoms with Crippen LogP contribution in [0.5, 0.6) is 0 Å². The van der Waals surface area contributed by atoms with Crippen LogP contribution < -0.4 is 21.1 Å². The Labute approximate surface area is 408 Å². The second-order valence-corrected chi connectivity index (χ2v) is 20.5. The van der Waals surface area contributed by atoms with Gasteiger partial charge in [0.25, 0.3) is 0 Å². The molecule has 20 heteroatoms. The van der Waals surface area contributed by atoms with E-state index in [1.54, 1.807) is 0 Å². The number of rotatable bonds is 15. The molecule has 7 rings (SSSR count). The quantitative estimate of drug-likeness (QED) is 0.0302. The molecular weight excluding hydrogens is 931 g/mol. The number of anilines is 2. The van der Waals surface area contributed by atoms with Crippen LogP contribution in [-0.4, -0.2) is 112 Å². The summed E-state index contributed by atoms with van der Waals surface area (Å²) in [5.41, 5.74) is 4.01. The Bertz CT molecular complexity index is 2480. The Morgan fingerprint density at radius 1 is 1.01 bits per heavy atom. The number of halogens is 4. The molecule has 3 amide bonds. The molecule has 6 N–H and O–H groups in total. The van der Waals surface area contributed by atoms with Gasteiger partial charge >= 0.3 is 6.18 Å². The van der Waals surface area contributed by atoms with Crippen LogP contribution in [0.15, 0.2) is 64.7 Å². The van der Waals surface area contributed by atoms with Gasteiger partial charge in [-0.1, -0.05) is 28.2 Å². The predicted octanol–water partition coefficient (Wildman–Crippen LogP) is 5.93. The first-order chi connectivity index (χ1) is 33.4. The number of piperidine rings is 3. The number of aromatic nitrogens is 2. The molecule has 4 aliphatic rings. The van der Waals surface area contributed by atoms with Crippen molar-refractivity contribution in [1.29, 1.82) is 0 Å². The summed E-state index contributed by atoms with van der Waals surface area (Å²) in [6, 6.07) is 11.3. The van der Waals surface area contributed by atoms with Crippen molar-refractivity contribution in [2.75, 3.05) is 51.2 Å². The van der Waals surface area contributed by atoms with Gasteiger partial charge in [0.1, 0.15) is 12.2 Å². The topological polar surface area (TPSA) is 204 Å². The summed E-state index contributed by atoms with van der Waals surface area (Å²) in [5, 5.41) is 14.9. The highest BCUT2D eigenvalue weighted by Crippen LogP contribution is 2.35. The lowest BCUT2D eigenvalue weighted by molar-refractivity contribution is -0.139. The molecule has 2 aromatic carbocycles. The zero-order chi connectivity index (χ0) is 50.0. The van der Waals surface area contributed by atoms with E-state index in [1.165, 1.54) is 26.0 Å². The van der Waals surface area contributed by atoms with E-state index in [2.05, 4.69) is 47.1 Å². The molecular formula is C50H62F4N9O6S+. The zero-order valence-electron chi connectivity index (χ0n) is 39.4. The highest BCUT2D eigenvalue weighted by molar-refractivity contribution is 7.83. The Morgan fingerprint density at radius 2 is 1.73 bits per heavy atom. The van der Waals surface area contributed by atoms with E-state index in [0.29, 0.717) is 57.2 Å². The zero-order valence-corrected chi connectivity index (χ0v) is 40.3. The Kier molecular flexibility index (Phi) is 17.6. The second kappa shape index (κ2) is 23.5. The number of allylic oxidation sites excluding steroid dienone is 1. The Morgan fingerprint density at radius 3 is 2.37 bits per heavy atom. The summed E-state index contributed by atoms with van der Waals surface area (Å²) in [7, 11) is -2.21. The molecule has 70 heavy (non-hydrogen) atoms. The van der Waals surface area contributed by atoms with E-state index in [-0.39, 0.29) is 70.4 Å². The summed E-state index contributed by atoms with van der Waals surface area (Å²) in [6.45, 7) is 7.59. The van der Waals surface area contributed by atoms with Crippen molar-refractivity contribution in [1.82, 2.24) is 29.8 Å². The number of aliphatic imine (C=N–C) groups is 1. The van der Waals surface area contributed by atoms with Crippen LogP contribution in [0.2, 0.25) is 0 Å². The minimum atomic E-state index is -4.84. The van der Waals surface area contributed by atoms with Gasteiger partial charge in [0.2, 0.25) is 23.7 Å². The summed E-state index contributed by atoms with van der Waals surface area (Å²) in [4.78, 5) is 53.6. The fourth-order valence-electron chi connectivity index (χ4n) is 9.31. The molecule has 0 radical (unpaired) electrons. The minimum absolute atomic E-state index is 0.103. The minimum Gasteiger partial charge on any atom is -0.404 e. The first-order valence-electron chi connectivity index (χ1n) is 23.9. The number of amides is 3. The van der Waals surface area contributed by atoms with Crippen molar-refractivity contribution in [3.8, 4) is 11.8 Å². The molecule has 4 fully saturated rings. The maximum Gasteiger partial charge on any atom is 0.419 e. The fourth-order valence-corrected chi connectivity index (χ4v) is 10.5. The van der Waals surface area contributed by atoms with Crippen LogP contribution in [-0.2, 0) is 40.5 Å². The molecule has 1 aromatic heterocycles. The van der Waals surface area contributed by atoms with Crippen LogP contribution in [0.25, 0.3) is 5.57 Å². The molecule has 3 aliphatic heterocycles. The second-order valence-electron chi connectivity index (χ2n) is 19.1. The molecule has 3 aromatic rings. The van der Waals surface area contributed by atoms with E-state index in [9.17, 15) is 36.9 Å². The van der Waals surface area contributed by atoms with Gasteiger partial charge in [0.05, 0.1) is 41.6 Å². The molecule has 1 aliphatic carbocycles. The number of hydrogen-bond acceptors (Lipinski definition) is 12. The van der Waals surface area contributed by atoms with Gasteiger partial charge in [-0.25, -0.2) is 14.4 Å². The van der Waals surface area contributed by atoms with Gasteiger partial charge in [-0.2, -0.15) is 13.2 Å². The van der Waals surface area contributed by atoms with Crippen LogP contribution in [0, 0.1) is 29.5 Å². The maximum atomic E-state index is 15.4. The van der Waals surface area contributed by atoms with E-state index in [0.717, 1.165) is 88.0 Å². The van der Waals surface area contributed by atoms with Crippen molar-refractivity contribution in [3.05, 3.63) is 83.1 Å². The third-order valence-corrected chi connectivity index (χ3v) is 14.6. The van der Waals surface area contributed by atoms with Crippen LogP contribution in [0.3, 0.4) is 0 Å². The smallest absolute Gasteiger partial charge is 0.404 e. The van der Waals surface area contributed by atoms with Crippen molar-refractivity contribution < 1.29 is 46.0 Å². The summed E-state index contributed by atoms with van der Waals surface area (Å²) in [6.07, 6.45) is 5.07. The highest BCUT2D eigenvalue weighted by Gasteiger charge is 2.37. The van der Waals surface area contributed by atoms with Gasteiger partial charge in [-0.05, 0) is 107 Å². The molecule has 3 saturated heterocycles. The molecule has 1 saturated carbocycles. The lowest BCUT2D eigenvalue weighted by atomic mass is 9.85. The molecule has 0 spiro atoms. The van der Waals surface area contributed by atoms with E-state index >= 15 is 4.39 Å². The van der Waals surface area contributed by atoms with Crippen molar-refractivity contribution in [2.24, 2.45) is 22.6 Å². The maximum absolute atomic E-state index is 15.4. The van der Waals surface area contributed by atoms with Crippen LogP contribution in [0.4, 0.5) is 29.2 Å². The fraction of sp³-hybridized carbons (Fsp3) is 0.520. The number of benzene rings is 2. The largest absolute Gasteiger partial charge is 0.419 e. The number of carbonyl (C=O) groups excluding carboxylic acids is 3. The third kappa shape index (κ3) is 14.5. The summed E-state index contributed by atoms with van der Waals surface area (Å²) < 4.78 is 79.6. The number of nitrogens with zero attached hydrogens (tertiary/aromatic N) is 5. The van der Waals surface area contributed by atoms with Gasteiger partial charge in [-0.3, -0.25) is 24.7 Å². The number of hydrogen-bond donors (Lipinski definition) is 5. The number of nitrogens with one attached hydrogen (secondary N) is 3. The average molecular weight is 993 g/mol. The Balaban J connectivity index is 0.793. The predicted molar refractivity (Wildman–Crippen MR) is 258 cm³/mol. The van der Waals surface area contributed by atoms with Crippen molar-refractivity contribution in [2.45, 2.75) is 113 Å². The van der Waals surface area contributed by atoms with E-state index in [1.807, 2.05) is 29.2 Å². The van der Waals surface area contributed by atoms with E-state index < -0.39 is 39.8 Å². The lowest BCUT2D eigenvalue weighted by Gasteiger charge is -2.39. The van der Waals surface area contributed by atoms with Gasteiger partial charge in [-0.15, -0.1) is 4.72 Å². The van der Waals surface area contributed by atoms with Crippen molar-refractivity contribution >= 4 is 52.1 Å². The number of nitrogens with two attached hydrogens (primary N) is 1. The number of imide groups is 1. The Hall–Kier alpha value is -5.59. The SMILES string of the molecule is CC(C)(O)CN=C/C(=C\N)c1nc(Nc2ccc([SH+](=O)NC3CCC(C(=O)N4CCC(CN5CCC(OCC#Cc6ccc(C7CCC(=O)NC7=O)cc6)CC5)CC4)CC3)cc2F)ncc1C(F)(F)F. The van der Waals surface area contributed by atoms with Gasteiger partial charge in [0, 0.05) is 80.9 Å². The number of carbonyl (C=O) groups is 3. The first-order valence-corrected chi connectivity index (χ1v) is 25.1. The number of alkyl halides is 3. The van der Waals surface area contributed by atoms with Crippen molar-refractivity contribution in [3.63, 3.8) is 0 Å². The molecule has 2 unspecified atom stereocenters. The number of likely N-dealkylation sites (tertiary alicyclic amines) is 2. The average Bonchev–Trinajstić information content (AvgIpc) is 3.33. The van der Waals surface area contributed by atoms with Crippen LogP contribution in [0.1, 0.15) is 106 Å². The van der Waals surface area contributed by atoms with Gasteiger partial charge in [0.15, 0.2) is 21.7 Å². The standard InChI is InChI=1S/C50H61F4N9O6S/c1-49(2,67)31-56-28-36(27-55)45-41(50(52,53)54)29-57-48(60-45)58-43-15-13-39(26-42(43)51)70(68)61-37-11-9-35(10-12-37)47(66)63-23-17-33(18-24-63)30-62-21-19-38(20-22-62)69-25-3-4-32-5-7-34(8-6-32)40-14-16-44(64)59-46(40)65/h5-8,13,15,26-29,33,35,37-38,40,67H,9-12,14,16-25,30-31,55H2,1-2H3,(H,61,68)(H,57,58,60)(H,59,64,65)/p+1/b36-27+,56-28?. The number of thiol groups is 1. The first kappa shape index (κ1) is 52.2. The molecule has 0 bridgehead atoms. The number of ether oxygens (including phenoxy) is 1.